The van der Waals surface area contributed by atoms with Gasteiger partial charge in [0.1, 0.15) is 0 Å². The molecule has 1 aliphatic carbocycles. The molecule has 1 N–H and O–H groups in total. The van der Waals surface area contributed by atoms with Gasteiger partial charge in [-0.1, -0.05) is 20.3 Å². The third-order valence-corrected chi connectivity index (χ3v) is 5.76. The monoisotopic (exact) mass is 242 g/mol. The second kappa shape index (κ2) is 5.77. The van der Waals surface area contributed by atoms with Crippen LogP contribution in [0, 0.1) is 17.8 Å². The maximum atomic E-state index is 10.5. The molecule has 0 amide bonds. The fraction of sp³-hybridized carbons (Fsp3) is 1.00. The minimum atomic E-state index is -0.0319. The SMILES string of the molecule is CC1CC(C)CC(C(O)C2CCCCS2)C1. The van der Waals surface area contributed by atoms with Gasteiger partial charge in [0.05, 0.1) is 6.10 Å². The Morgan fingerprint density at radius 3 is 2.31 bits per heavy atom. The van der Waals surface area contributed by atoms with E-state index < -0.39 is 0 Å². The van der Waals surface area contributed by atoms with Crippen LogP contribution >= 0.6 is 11.8 Å². The average Bonchev–Trinajstić information content (AvgIpc) is 2.28. The third-order valence-electron chi connectivity index (χ3n) is 4.29. The molecule has 16 heavy (non-hydrogen) atoms. The molecular formula is C14H26OS. The summed E-state index contributed by atoms with van der Waals surface area (Å²) in [5.41, 5.74) is 0. The summed E-state index contributed by atoms with van der Waals surface area (Å²) in [4.78, 5) is 0. The van der Waals surface area contributed by atoms with Crippen molar-refractivity contribution in [2.75, 3.05) is 5.75 Å². The Bertz CT molecular complexity index is 203. The van der Waals surface area contributed by atoms with Crippen molar-refractivity contribution in [2.45, 2.75) is 63.7 Å². The molecule has 2 rings (SSSR count). The van der Waals surface area contributed by atoms with E-state index in [0.29, 0.717) is 11.2 Å². The molecule has 2 aliphatic rings. The highest BCUT2D eigenvalue weighted by Gasteiger charge is 2.34. The fourth-order valence-electron chi connectivity index (χ4n) is 3.63. The van der Waals surface area contributed by atoms with Gasteiger partial charge >= 0.3 is 0 Å². The Morgan fingerprint density at radius 2 is 1.75 bits per heavy atom. The van der Waals surface area contributed by atoms with Crippen LogP contribution in [0.3, 0.4) is 0 Å². The molecule has 0 aromatic carbocycles. The van der Waals surface area contributed by atoms with E-state index in [1.165, 1.54) is 44.3 Å². The van der Waals surface area contributed by atoms with E-state index in [4.69, 9.17) is 0 Å². The molecule has 1 saturated carbocycles. The third kappa shape index (κ3) is 3.16. The molecule has 94 valence electrons. The zero-order valence-electron chi connectivity index (χ0n) is 10.7. The Morgan fingerprint density at radius 1 is 1.06 bits per heavy atom. The van der Waals surface area contributed by atoms with Gasteiger partial charge in [0, 0.05) is 5.25 Å². The van der Waals surface area contributed by atoms with Crippen molar-refractivity contribution in [1.82, 2.24) is 0 Å². The molecule has 0 spiro atoms. The first kappa shape index (κ1) is 12.8. The summed E-state index contributed by atoms with van der Waals surface area (Å²) in [6.45, 7) is 4.70. The van der Waals surface area contributed by atoms with Gasteiger partial charge in [0.15, 0.2) is 0 Å². The number of thioether (sulfide) groups is 1. The second-order valence-electron chi connectivity index (χ2n) is 6.07. The topological polar surface area (TPSA) is 20.2 Å². The summed E-state index contributed by atoms with van der Waals surface area (Å²) < 4.78 is 0. The maximum absolute atomic E-state index is 10.5. The average molecular weight is 242 g/mol. The largest absolute Gasteiger partial charge is 0.392 e. The van der Waals surface area contributed by atoms with Gasteiger partial charge < -0.3 is 5.11 Å². The molecule has 0 aromatic rings. The molecule has 0 bridgehead atoms. The van der Waals surface area contributed by atoms with Gasteiger partial charge in [0.25, 0.3) is 0 Å². The smallest absolute Gasteiger partial charge is 0.0687 e. The standard InChI is InChI=1S/C14H26OS/c1-10-7-11(2)9-12(8-10)14(15)13-5-3-4-6-16-13/h10-15H,3-9H2,1-2H3. The zero-order valence-corrected chi connectivity index (χ0v) is 11.5. The van der Waals surface area contributed by atoms with Gasteiger partial charge in [-0.15, -0.1) is 0 Å². The van der Waals surface area contributed by atoms with Crippen molar-refractivity contribution in [3.05, 3.63) is 0 Å². The minimum Gasteiger partial charge on any atom is -0.392 e. The first-order chi connectivity index (χ1) is 7.66. The van der Waals surface area contributed by atoms with Gasteiger partial charge in [-0.05, 0) is 55.6 Å². The number of hydrogen-bond donors (Lipinski definition) is 1. The van der Waals surface area contributed by atoms with Crippen LogP contribution in [-0.2, 0) is 0 Å². The highest BCUT2D eigenvalue weighted by molar-refractivity contribution is 8.00. The van der Waals surface area contributed by atoms with Crippen molar-refractivity contribution in [2.24, 2.45) is 17.8 Å². The number of rotatable bonds is 2. The highest BCUT2D eigenvalue weighted by atomic mass is 32.2. The predicted molar refractivity (Wildman–Crippen MR) is 71.8 cm³/mol. The number of hydrogen-bond acceptors (Lipinski definition) is 2. The van der Waals surface area contributed by atoms with Crippen LogP contribution in [0.5, 0.6) is 0 Å². The molecule has 1 aliphatic heterocycles. The highest BCUT2D eigenvalue weighted by Crippen LogP contribution is 2.39. The summed E-state index contributed by atoms with van der Waals surface area (Å²) in [5, 5.41) is 11.1. The number of aliphatic hydroxyl groups excluding tert-OH is 1. The van der Waals surface area contributed by atoms with Gasteiger partial charge in [-0.2, -0.15) is 11.8 Å². The van der Waals surface area contributed by atoms with Gasteiger partial charge in [-0.3, -0.25) is 0 Å². The maximum Gasteiger partial charge on any atom is 0.0687 e. The van der Waals surface area contributed by atoms with E-state index in [0.717, 1.165) is 11.8 Å². The van der Waals surface area contributed by atoms with Gasteiger partial charge in [-0.25, -0.2) is 0 Å². The first-order valence-electron chi connectivity index (χ1n) is 6.96. The van der Waals surface area contributed by atoms with Crippen LogP contribution in [0.25, 0.3) is 0 Å². The van der Waals surface area contributed by atoms with E-state index >= 15 is 0 Å². The molecular weight excluding hydrogens is 216 g/mol. The Kier molecular flexibility index (Phi) is 4.60. The molecule has 1 nitrogen and oxygen atoms in total. The molecule has 4 unspecified atom stereocenters. The summed E-state index contributed by atoms with van der Waals surface area (Å²) >= 11 is 2.02. The Balaban J connectivity index is 1.89. The summed E-state index contributed by atoms with van der Waals surface area (Å²) in [7, 11) is 0. The second-order valence-corrected chi connectivity index (χ2v) is 7.42. The lowest BCUT2D eigenvalue weighted by molar-refractivity contribution is 0.0517. The lowest BCUT2D eigenvalue weighted by Crippen LogP contribution is -2.37. The van der Waals surface area contributed by atoms with Gasteiger partial charge in [0.2, 0.25) is 0 Å². The van der Waals surface area contributed by atoms with E-state index in [1.807, 2.05) is 11.8 Å². The Labute approximate surface area is 104 Å². The fourth-order valence-corrected chi connectivity index (χ4v) is 5.05. The van der Waals surface area contributed by atoms with Crippen LogP contribution in [0.4, 0.5) is 0 Å². The van der Waals surface area contributed by atoms with Crippen molar-refractivity contribution < 1.29 is 5.11 Å². The van der Waals surface area contributed by atoms with Crippen molar-refractivity contribution in [3.63, 3.8) is 0 Å². The van der Waals surface area contributed by atoms with Crippen molar-refractivity contribution in [3.8, 4) is 0 Å². The normalized spacial score (nSPS) is 42.9. The molecule has 2 fully saturated rings. The van der Waals surface area contributed by atoms with Crippen LogP contribution in [0.1, 0.15) is 52.4 Å². The van der Waals surface area contributed by atoms with Crippen LogP contribution in [0.15, 0.2) is 0 Å². The molecule has 0 aromatic heterocycles. The number of aliphatic hydroxyl groups is 1. The van der Waals surface area contributed by atoms with E-state index in [-0.39, 0.29) is 6.10 Å². The molecule has 4 atom stereocenters. The first-order valence-corrected chi connectivity index (χ1v) is 8.01. The molecule has 2 heteroatoms. The minimum absolute atomic E-state index is 0.0319. The summed E-state index contributed by atoms with van der Waals surface area (Å²) in [6, 6.07) is 0. The van der Waals surface area contributed by atoms with Crippen LogP contribution in [0.2, 0.25) is 0 Å². The lowest BCUT2D eigenvalue weighted by atomic mass is 9.73. The van der Waals surface area contributed by atoms with Crippen LogP contribution < -0.4 is 0 Å². The molecule has 1 heterocycles. The molecule has 0 radical (unpaired) electrons. The van der Waals surface area contributed by atoms with Crippen LogP contribution in [-0.4, -0.2) is 22.2 Å². The quantitative estimate of drug-likeness (QED) is 0.796. The lowest BCUT2D eigenvalue weighted by Gasteiger charge is -2.38. The van der Waals surface area contributed by atoms with Crippen molar-refractivity contribution in [1.29, 1.82) is 0 Å². The van der Waals surface area contributed by atoms with E-state index in [2.05, 4.69) is 13.8 Å². The summed E-state index contributed by atoms with van der Waals surface area (Å²) in [5.74, 6) is 3.47. The van der Waals surface area contributed by atoms with Crippen molar-refractivity contribution >= 4 is 11.8 Å². The summed E-state index contributed by atoms with van der Waals surface area (Å²) in [6.07, 6.45) is 7.75. The van der Waals surface area contributed by atoms with E-state index in [1.54, 1.807) is 0 Å². The van der Waals surface area contributed by atoms with E-state index in [9.17, 15) is 5.11 Å². The Hall–Kier alpha value is 0.310. The predicted octanol–water partition coefficient (Wildman–Crippen LogP) is 3.71. The molecule has 1 saturated heterocycles. The zero-order chi connectivity index (χ0) is 11.5.